The van der Waals surface area contributed by atoms with Gasteiger partial charge in [0.1, 0.15) is 11.6 Å². The summed E-state index contributed by atoms with van der Waals surface area (Å²) in [4.78, 5) is 6.91. The molecule has 0 spiro atoms. The molecular weight excluding hydrogens is 426 g/mol. The standard InChI is InChI=1S/C22H19BrF2N2O/c1-13-4-3-9-27(13)21-11-14(16-5-2-6-18(24)22(16)25)10-19(26-21)17-12-15(23)7-8-20(17)28/h2,5-8,10-13,28H,3-4,9H2,1H3. The number of aromatic hydroxyl groups is 1. The van der Waals surface area contributed by atoms with Crippen LogP contribution in [0.15, 0.2) is 53.0 Å². The van der Waals surface area contributed by atoms with E-state index in [-0.39, 0.29) is 11.3 Å². The number of hydrogen-bond acceptors (Lipinski definition) is 3. The fraction of sp³-hybridized carbons (Fsp3) is 0.227. The third-order valence-corrected chi connectivity index (χ3v) is 5.65. The molecule has 1 aliphatic heterocycles. The number of nitrogens with zero attached hydrogens (tertiary/aromatic N) is 2. The second-order valence-electron chi connectivity index (χ2n) is 7.05. The van der Waals surface area contributed by atoms with E-state index < -0.39 is 11.6 Å². The molecule has 4 rings (SSSR count). The van der Waals surface area contributed by atoms with Gasteiger partial charge in [0.05, 0.1) is 5.69 Å². The third-order valence-electron chi connectivity index (χ3n) is 5.16. The average molecular weight is 445 g/mol. The molecule has 2 heterocycles. The summed E-state index contributed by atoms with van der Waals surface area (Å²) in [6.07, 6.45) is 2.11. The van der Waals surface area contributed by atoms with E-state index >= 15 is 0 Å². The van der Waals surface area contributed by atoms with Crippen molar-refractivity contribution in [3.8, 4) is 28.1 Å². The maximum Gasteiger partial charge on any atom is 0.166 e. The zero-order valence-corrected chi connectivity index (χ0v) is 16.9. The van der Waals surface area contributed by atoms with Gasteiger partial charge in [0.15, 0.2) is 11.6 Å². The first-order valence-corrected chi connectivity index (χ1v) is 9.95. The molecule has 0 radical (unpaired) electrons. The molecule has 1 N–H and O–H groups in total. The highest BCUT2D eigenvalue weighted by molar-refractivity contribution is 9.10. The lowest BCUT2D eigenvalue weighted by Gasteiger charge is -2.24. The van der Waals surface area contributed by atoms with Gasteiger partial charge in [-0.05, 0) is 61.7 Å². The van der Waals surface area contributed by atoms with Gasteiger partial charge < -0.3 is 10.0 Å². The fourth-order valence-electron chi connectivity index (χ4n) is 3.67. The monoisotopic (exact) mass is 444 g/mol. The van der Waals surface area contributed by atoms with Crippen LogP contribution in [0.3, 0.4) is 0 Å². The van der Waals surface area contributed by atoms with Crippen LogP contribution >= 0.6 is 15.9 Å². The number of phenols is 1. The molecule has 1 aliphatic rings. The predicted octanol–water partition coefficient (Wildman–Crippen LogP) is 6.15. The Labute approximate surface area is 170 Å². The molecule has 0 amide bonds. The molecule has 1 unspecified atom stereocenters. The Morgan fingerprint density at radius 2 is 1.93 bits per heavy atom. The summed E-state index contributed by atoms with van der Waals surface area (Å²) in [6, 6.07) is 13.0. The van der Waals surface area contributed by atoms with Crippen molar-refractivity contribution in [3.63, 3.8) is 0 Å². The van der Waals surface area contributed by atoms with Crippen LogP contribution in [0, 0.1) is 11.6 Å². The Hall–Kier alpha value is -2.47. The molecule has 2 aromatic carbocycles. The first kappa shape index (κ1) is 18.9. The molecule has 1 saturated heterocycles. The zero-order valence-electron chi connectivity index (χ0n) is 15.3. The SMILES string of the molecule is CC1CCCN1c1cc(-c2cccc(F)c2F)cc(-c2cc(Br)ccc2O)n1. The Bertz CT molecular complexity index is 1020. The van der Waals surface area contributed by atoms with Gasteiger partial charge in [-0.1, -0.05) is 28.1 Å². The Kier molecular flexibility index (Phi) is 5.06. The lowest BCUT2D eigenvalue weighted by molar-refractivity contribution is 0.477. The van der Waals surface area contributed by atoms with Gasteiger partial charge in [-0.25, -0.2) is 13.8 Å². The minimum absolute atomic E-state index is 0.0768. The summed E-state index contributed by atoms with van der Waals surface area (Å²) in [5.74, 6) is -1.01. The molecule has 3 nitrogen and oxygen atoms in total. The number of benzene rings is 2. The lowest BCUT2D eigenvalue weighted by atomic mass is 10.0. The Balaban J connectivity index is 1.93. The minimum atomic E-state index is -0.891. The van der Waals surface area contributed by atoms with Crippen molar-refractivity contribution in [2.24, 2.45) is 0 Å². The summed E-state index contributed by atoms with van der Waals surface area (Å²) in [5.41, 5.74) is 1.73. The van der Waals surface area contributed by atoms with E-state index in [1.165, 1.54) is 6.07 Å². The van der Waals surface area contributed by atoms with Crippen molar-refractivity contribution >= 4 is 21.7 Å². The summed E-state index contributed by atoms with van der Waals surface area (Å²) < 4.78 is 29.1. The van der Waals surface area contributed by atoms with Gasteiger partial charge in [-0.2, -0.15) is 0 Å². The molecule has 0 aliphatic carbocycles. The highest BCUT2D eigenvalue weighted by Crippen LogP contribution is 2.37. The molecule has 28 heavy (non-hydrogen) atoms. The van der Waals surface area contributed by atoms with Crippen LogP contribution in [0.1, 0.15) is 19.8 Å². The van der Waals surface area contributed by atoms with E-state index in [4.69, 9.17) is 4.98 Å². The van der Waals surface area contributed by atoms with Crippen molar-refractivity contribution in [2.75, 3.05) is 11.4 Å². The number of hydrogen-bond donors (Lipinski definition) is 1. The van der Waals surface area contributed by atoms with Crippen molar-refractivity contribution in [2.45, 2.75) is 25.8 Å². The number of phenolic OH excluding ortho intramolecular Hbond substituents is 1. The van der Waals surface area contributed by atoms with Crippen molar-refractivity contribution in [1.82, 2.24) is 4.98 Å². The maximum atomic E-state index is 14.5. The van der Waals surface area contributed by atoms with Gasteiger partial charge >= 0.3 is 0 Å². The van der Waals surface area contributed by atoms with Gasteiger partial charge in [0.2, 0.25) is 0 Å². The van der Waals surface area contributed by atoms with Crippen LogP contribution in [0.25, 0.3) is 22.4 Å². The second-order valence-corrected chi connectivity index (χ2v) is 7.96. The maximum absolute atomic E-state index is 14.5. The molecule has 1 atom stereocenters. The fourth-order valence-corrected chi connectivity index (χ4v) is 4.03. The van der Waals surface area contributed by atoms with Crippen molar-refractivity contribution < 1.29 is 13.9 Å². The highest BCUT2D eigenvalue weighted by Gasteiger charge is 2.24. The summed E-state index contributed by atoms with van der Waals surface area (Å²) >= 11 is 3.41. The Morgan fingerprint density at radius 1 is 1.11 bits per heavy atom. The molecule has 6 heteroatoms. The van der Waals surface area contributed by atoms with E-state index in [2.05, 4.69) is 27.8 Å². The number of rotatable bonds is 3. The van der Waals surface area contributed by atoms with Crippen LogP contribution in [-0.4, -0.2) is 22.7 Å². The number of halogens is 3. The van der Waals surface area contributed by atoms with E-state index in [9.17, 15) is 13.9 Å². The van der Waals surface area contributed by atoms with E-state index in [1.54, 1.807) is 36.4 Å². The van der Waals surface area contributed by atoms with Crippen LogP contribution in [-0.2, 0) is 0 Å². The predicted molar refractivity (Wildman–Crippen MR) is 110 cm³/mol. The van der Waals surface area contributed by atoms with Gasteiger partial charge in [-0.15, -0.1) is 0 Å². The molecular formula is C22H19BrF2N2O. The van der Waals surface area contributed by atoms with Crippen molar-refractivity contribution in [1.29, 1.82) is 0 Å². The smallest absolute Gasteiger partial charge is 0.166 e. The van der Waals surface area contributed by atoms with Crippen molar-refractivity contribution in [3.05, 3.63) is 64.6 Å². The van der Waals surface area contributed by atoms with Gasteiger partial charge in [0.25, 0.3) is 0 Å². The Morgan fingerprint density at radius 3 is 2.68 bits per heavy atom. The van der Waals surface area contributed by atoms with E-state index in [1.807, 2.05) is 0 Å². The normalized spacial score (nSPS) is 16.6. The molecule has 3 aromatic rings. The minimum Gasteiger partial charge on any atom is -0.507 e. The highest BCUT2D eigenvalue weighted by atomic mass is 79.9. The molecule has 0 saturated carbocycles. The number of anilines is 1. The number of pyridine rings is 1. The number of aromatic nitrogens is 1. The van der Waals surface area contributed by atoms with Crippen LogP contribution < -0.4 is 4.90 Å². The first-order valence-electron chi connectivity index (χ1n) is 9.16. The quantitative estimate of drug-likeness (QED) is 0.526. The summed E-state index contributed by atoms with van der Waals surface area (Å²) in [5, 5.41) is 10.3. The van der Waals surface area contributed by atoms with Gasteiger partial charge in [-0.3, -0.25) is 0 Å². The first-order chi connectivity index (χ1) is 13.4. The topological polar surface area (TPSA) is 36.4 Å². The second kappa shape index (κ2) is 7.51. The molecule has 0 bridgehead atoms. The third kappa shape index (κ3) is 3.49. The zero-order chi connectivity index (χ0) is 19.8. The summed E-state index contributed by atoms with van der Waals surface area (Å²) in [7, 11) is 0. The van der Waals surface area contributed by atoms with E-state index in [0.717, 1.165) is 29.9 Å². The van der Waals surface area contributed by atoms with Crippen LogP contribution in [0.5, 0.6) is 5.75 Å². The summed E-state index contributed by atoms with van der Waals surface area (Å²) in [6.45, 7) is 2.98. The lowest BCUT2D eigenvalue weighted by Crippen LogP contribution is -2.27. The van der Waals surface area contributed by atoms with Crippen LogP contribution in [0.2, 0.25) is 0 Å². The molecule has 1 fully saturated rings. The molecule has 144 valence electrons. The largest absolute Gasteiger partial charge is 0.507 e. The van der Waals surface area contributed by atoms with Gasteiger partial charge in [0, 0.05) is 28.2 Å². The average Bonchev–Trinajstić information content (AvgIpc) is 3.11. The van der Waals surface area contributed by atoms with E-state index in [0.29, 0.717) is 28.7 Å². The molecule has 1 aromatic heterocycles. The van der Waals surface area contributed by atoms with Crippen LogP contribution in [0.4, 0.5) is 14.6 Å².